The summed E-state index contributed by atoms with van der Waals surface area (Å²) >= 11 is 11.1. The van der Waals surface area contributed by atoms with Crippen molar-refractivity contribution in [2.24, 2.45) is 0 Å². The van der Waals surface area contributed by atoms with Crippen LogP contribution in [-0.2, 0) is 6.42 Å². The minimum absolute atomic E-state index is 0.617. The van der Waals surface area contributed by atoms with Gasteiger partial charge in [-0.1, -0.05) is 23.7 Å². The second kappa shape index (κ2) is 5.51. The lowest BCUT2D eigenvalue weighted by Gasteiger charge is -2.09. The number of hydrogen-bond acceptors (Lipinski definition) is 1. The molecule has 0 radical (unpaired) electrons. The number of nitrogens with one attached hydrogen (secondary N) is 2. The molecule has 2 nitrogen and oxygen atoms in total. The standard InChI is InChI=1S/C12H15ClN2S/c13-10-3-1-2-9(8-10)6-7-14-12(16)15-11-4-5-11/h1-3,8,11H,4-7H2,(H2,14,15,16). The van der Waals surface area contributed by atoms with E-state index < -0.39 is 0 Å². The van der Waals surface area contributed by atoms with Crippen molar-refractivity contribution in [1.82, 2.24) is 10.6 Å². The molecule has 4 heteroatoms. The second-order valence-corrected chi connectivity index (χ2v) is 4.90. The van der Waals surface area contributed by atoms with Crippen LogP contribution in [0.4, 0.5) is 0 Å². The van der Waals surface area contributed by atoms with Crippen LogP contribution in [0.25, 0.3) is 0 Å². The second-order valence-electron chi connectivity index (χ2n) is 4.05. The van der Waals surface area contributed by atoms with Crippen molar-refractivity contribution in [3.05, 3.63) is 34.9 Å². The Hall–Kier alpha value is -0.800. The third-order valence-corrected chi connectivity index (χ3v) is 3.00. The van der Waals surface area contributed by atoms with E-state index in [1.807, 2.05) is 18.2 Å². The summed E-state index contributed by atoms with van der Waals surface area (Å²) in [7, 11) is 0. The van der Waals surface area contributed by atoms with Gasteiger partial charge < -0.3 is 10.6 Å². The van der Waals surface area contributed by atoms with Gasteiger partial charge in [0.1, 0.15) is 0 Å². The molecule has 1 fully saturated rings. The zero-order valence-corrected chi connectivity index (χ0v) is 10.6. The first-order valence-corrected chi connectivity index (χ1v) is 6.31. The Morgan fingerprint density at radius 1 is 1.44 bits per heavy atom. The van der Waals surface area contributed by atoms with Gasteiger partial charge in [0.25, 0.3) is 0 Å². The van der Waals surface area contributed by atoms with Crippen molar-refractivity contribution in [1.29, 1.82) is 0 Å². The molecule has 0 aromatic heterocycles. The predicted octanol–water partition coefficient (Wildman–Crippen LogP) is 2.51. The van der Waals surface area contributed by atoms with E-state index in [1.165, 1.54) is 18.4 Å². The van der Waals surface area contributed by atoms with Gasteiger partial charge in [-0.05, 0) is 49.2 Å². The van der Waals surface area contributed by atoms with E-state index in [0.717, 1.165) is 23.1 Å². The quantitative estimate of drug-likeness (QED) is 0.808. The molecule has 0 amide bonds. The summed E-state index contributed by atoms with van der Waals surface area (Å²) in [5.74, 6) is 0. The van der Waals surface area contributed by atoms with Gasteiger partial charge >= 0.3 is 0 Å². The molecule has 1 saturated carbocycles. The molecule has 1 aromatic carbocycles. The van der Waals surface area contributed by atoms with Crippen LogP contribution in [0.5, 0.6) is 0 Å². The van der Waals surface area contributed by atoms with Crippen molar-refractivity contribution in [3.63, 3.8) is 0 Å². The zero-order chi connectivity index (χ0) is 11.4. The molecular weight excluding hydrogens is 240 g/mol. The Morgan fingerprint density at radius 2 is 2.25 bits per heavy atom. The summed E-state index contributed by atoms with van der Waals surface area (Å²) in [5.41, 5.74) is 1.23. The molecule has 0 spiro atoms. The average Bonchev–Trinajstić information content (AvgIpc) is 3.02. The number of rotatable bonds is 4. The molecule has 0 unspecified atom stereocenters. The molecule has 86 valence electrons. The maximum absolute atomic E-state index is 5.90. The van der Waals surface area contributed by atoms with E-state index in [0.29, 0.717) is 6.04 Å². The van der Waals surface area contributed by atoms with Gasteiger partial charge in [0.2, 0.25) is 0 Å². The maximum atomic E-state index is 5.90. The van der Waals surface area contributed by atoms with Crippen molar-refractivity contribution in [3.8, 4) is 0 Å². The van der Waals surface area contributed by atoms with Crippen molar-refractivity contribution in [2.45, 2.75) is 25.3 Å². The largest absolute Gasteiger partial charge is 0.362 e. The van der Waals surface area contributed by atoms with Gasteiger partial charge in [-0.15, -0.1) is 0 Å². The van der Waals surface area contributed by atoms with Crippen LogP contribution in [0.15, 0.2) is 24.3 Å². The van der Waals surface area contributed by atoms with Gasteiger partial charge in [0, 0.05) is 17.6 Å². The lowest BCUT2D eigenvalue weighted by atomic mass is 10.1. The van der Waals surface area contributed by atoms with Gasteiger partial charge in [-0.2, -0.15) is 0 Å². The highest BCUT2D eigenvalue weighted by atomic mass is 35.5. The molecule has 2 rings (SSSR count). The fourth-order valence-corrected chi connectivity index (χ4v) is 1.96. The first-order valence-electron chi connectivity index (χ1n) is 5.53. The Bertz CT molecular complexity index is 377. The average molecular weight is 255 g/mol. The summed E-state index contributed by atoms with van der Waals surface area (Å²) in [6, 6.07) is 8.54. The number of hydrogen-bond donors (Lipinski definition) is 2. The Balaban J connectivity index is 1.68. The van der Waals surface area contributed by atoms with Crippen LogP contribution in [0.1, 0.15) is 18.4 Å². The van der Waals surface area contributed by atoms with E-state index in [2.05, 4.69) is 16.7 Å². The minimum atomic E-state index is 0.617. The first kappa shape index (κ1) is 11.7. The molecule has 1 aromatic rings. The molecular formula is C12H15ClN2S. The normalized spacial score (nSPS) is 14.6. The van der Waals surface area contributed by atoms with Crippen molar-refractivity contribution in [2.75, 3.05) is 6.54 Å². The summed E-state index contributed by atoms with van der Waals surface area (Å²) in [4.78, 5) is 0. The van der Waals surface area contributed by atoms with Crippen molar-refractivity contribution < 1.29 is 0 Å². The Kier molecular flexibility index (Phi) is 4.02. The monoisotopic (exact) mass is 254 g/mol. The van der Waals surface area contributed by atoms with E-state index in [4.69, 9.17) is 23.8 Å². The molecule has 0 aliphatic heterocycles. The number of halogens is 1. The summed E-state index contributed by atoms with van der Waals surface area (Å²) < 4.78 is 0. The highest BCUT2D eigenvalue weighted by Gasteiger charge is 2.21. The van der Waals surface area contributed by atoms with Gasteiger partial charge in [-0.3, -0.25) is 0 Å². The summed E-state index contributed by atoms with van der Waals surface area (Å²) in [5, 5.41) is 8.00. The Labute approximate surface area is 106 Å². The molecule has 1 aliphatic carbocycles. The first-order chi connectivity index (χ1) is 7.74. The van der Waals surface area contributed by atoms with Crippen LogP contribution >= 0.6 is 23.8 Å². The number of thiocarbonyl (C=S) groups is 1. The molecule has 0 bridgehead atoms. The molecule has 1 aliphatic rings. The van der Waals surface area contributed by atoms with Crippen LogP contribution in [0.2, 0.25) is 5.02 Å². The minimum Gasteiger partial charge on any atom is -0.362 e. The topological polar surface area (TPSA) is 24.1 Å². The van der Waals surface area contributed by atoms with E-state index in [9.17, 15) is 0 Å². The Morgan fingerprint density at radius 3 is 2.94 bits per heavy atom. The van der Waals surface area contributed by atoms with E-state index in [-0.39, 0.29) is 0 Å². The van der Waals surface area contributed by atoms with E-state index in [1.54, 1.807) is 0 Å². The smallest absolute Gasteiger partial charge is 0.166 e. The lowest BCUT2D eigenvalue weighted by Crippen LogP contribution is -2.37. The molecule has 0 saturated heterocycles. The number of benzene rings is 1. The zero-order valence-electron chi connectivity index (χ0n) is 9.00. The van der Waals surface area contributed by atoms with Gasteiger partial charge in [-0.25, -0.2) is 0 Å². The molecule has 2 N–H and O–H groups in total. The van der Waals surface area contributed by atoms with Crippen LogP contribution < -0.4 is 10.6 Å². The fraction of sp³-hybridized carbons (Fsp3) is 0.417. The fourth-order valence-electron chi connectivity index (χ4n) is 1.48. The SMILES string of the molecule is S=C(NCCc1cccc(Cl)c1)NC1CC1. The summed E-state index contributed by atoms with van der Waals surface area (Å²) in [6.07, 6.45) is 3.43. The lowest BCUT2D eigenvalue weighted by molar-refractivity contribution is 0.812. The van der Waals surface area contributed by atoms with Crippen LogP contribution in [0.3, 0.4) is 0 Å². The van der Waals surface area contributed by atoms with Crippen LogP contribution in [0, 0.1) is 0 Å². The predicted molar refractivity (Wildman–Crippen MR) is 71.9 cm³/mol. The third-order valence-electron chi connectivity index (χ3n) is 2.50. The molecule has 16 heavy (non-hydrogen) atoms. The van der Waals surface area contributed by atoms with Gasteiger partial charge in [0.15, 0.2) is 5.11 Å². The highest BCUT2D eigenvalue weighted by Crippen LogP contribution is 2.18. The highest BCUT2D eigenvalue weighted by molar-refractivity contribution is 7.80. The maximum Gasteiger partial charge on any atom is 0.166 e. The van der Waals surface area contributed by atoms with E-state index >= 15 is 0 Å². The third kappa shape index (κ3) is 3.99. The van der Waals surface area contributed by atoms with Gasteiger partial charge in [0.05, 0.1) is 0 Å². The van der Waals surface area contributed by atoms with Crippen LogP contribution in [-0.4, -0.2) is 17.7 Å². The summed E-state index contributed by atoms with van der Waals surface area (Å²) in [6.45, 7) is 0.846. The molecule has 0 atom stereocenters. The molecule has 0 heterocycles. The van der Waals surface area contributed by atoms with Crippen molar-refractivity contribution >= 4 is 28.9 Å².